The van der Waals surface area contributed by atoms with E-state index in [1.165, 1.54) is 47.3 Å². The molecule has 3 aromatic carbocycles. The average Bonchev–Trinajstić information content (AvgIpc) is 2.81. The van der Waals surface area contributed by atoms with Gasteiger partial charge in [0.2, 0.25) is 15.7 Å². The van der Waals surface area contributed by atoms with Crippen molar-refractivity contribution < 1.29 is 18.1 Å². The first-order valence-electron chi connectivity index (χ1n) is 9.59. The van der Waals surface area contributed by atoms with Crippen LogP contribution in [0.15, 0.2) is 93.7 Å². The van der Waals surface area contributed by atoms with Crippen LogP contribution in [0.3, 0.4) is 0 Å². The molecule has 0 aliphatic carbocycles. The number of amides is 1. The van der Waals surface area contributed by atoms with Crippen molar-refractivity contribution in [1.82, 2.24) is 9.55 Å². The molecular weight excluding hydrogens is 448 g/mol. The summed E-state index contributed by atoms with van der Waals surface area (Å²) in [5.41, 5.74) is 0.307. The molecule has 1 heterocycles. The van der Waals surface area contributed by atoms with Gasteiger partial charge in [0.25, 0.3) is 11.2 Å². The van der Waals surface area contributed by atoms with Gasteiger partial charge in [-0.3, -0.25) is 24.3 Å². The van der Waals surface area contributed by atoms with Gasteiger partial charge in [0.05, 0.1) is 31.9 Å². The number of rotatable bonds is 6. The highest BCUT2D eigenvalue weighted by Crippen LogP contribution is 2.24. The van der Waals surface area contributed by atoms with Crippen LogP contribution in [0.5, 0.6) is 0 Å². The second-order valence-electron chi connectivity index (χ2n) is 7.02. The zero-order valence-corrected chi connectivity index (χ0v) is 17.7. The maximum atomic E-state index is 12.7. The molecule has 11 heteroatoms. The van der Waals surface area contributed by atoms with E-state index in [-0.39, 0.29) is 27.6 Å². The van der Waals surface area contributed by atoms with Gasteiger partial charge in [-0.25, -0.2) is 13.4 Å². The van der Waals surface area contributed by atoms with E-state index in [0.29, 0.717) is 16.6 Å². The first-order chi connectivity index (χ1) is 15.8. The average molecular weight is 464 g/mol. The molecule has 0 bridgehead atoms. The van der Waals surface area contributed by atoms with Crippen LogP contribution in [0.1, 0.15) is 0 Å². The highest BCUT2D eigenvalue weighted by Gasteiger charge is 2.19. The molecule has 0 aliphatic rings. The Balaban J connectivity index is 1.48. The second kappa shape index (κ2) is 8.63. The van der Waals surface area contributed by atoms with E-state index in [9.17, 15) is 28.1 Å². The molecule has 0 saturated heterocycles. The first kappa shape index (κ1) is 21.8. The van der Waals surface area contributed by atoms with Gasteiger partial charge in [0.15, 0.2) is 0 Å². The minimum atomic E-state index is -3.89. The maximum absolute atomic E-state index is 12.7. The number of non-ortho nitro benzene ring substituents is 1. The van der Waals surface area contributed by atoms with Gasteiger partial charge >= 0.3 is 0 Å². The molecule has 166 valence electrons. The van der Waals surface area contributed by atoms with E-state index in [1.807, 2.05) is 0 Å². The molecule has 0 atom stereocenters. The maximum Gasteiger partial charge on any atom is 0.269 e. The van der Waals surface area contributed by atoms with Crippen molar-refractivity contribution in [3.63, 3.8) is 0 Å². The highest BCUT2D eigenvalue weighted by atomic mass is 32.2. The molecule has 4 rings (SSSR count). The van der Waals surface area contributed by atoms with E-state index in [0.717, 1.165) is 12.1 Å². The zero-order valence-electron chi connectivity index (χ0n) is 16.9. The quantitative estimate of drug-likeness (QED) is 0.342. The fourth-order valence-electron chi connectivity index (χ4n) is 3.17. The number of carbonyl (C=O) groups excluding carboxylic acids is 1. The van der Waals surface area contributed by atoms with E-state index in [2.05, 4.69) is 10.3 Å². The highest BCUT2D eigenvalue weighted by molar-refractivity contribution is 7.91. The minimum absolute atomic E-state index is 0.0377. The summed E-state index contributed by atoms with van der Waals surface area (Å²) in [5, 5.41) is 13.8. The molecule has 1 amide bonds. The summed E-state index contributed by atoms with van der Waals surface area (Å²) in [5.74, 6) is -0.486. The molecule has 0 radical (unpaired) electrons. The van der Waals surface area contributed by atoms with Gasteiger partial charge in [0.1, 0.15) is 6.54 Å². The summed E-state index contributed by atoms with van der Waals surface area (Å²) in [6.45, 7) is -0.264. The number of aromatic nitrogens is 2. The Morgan fingerprint density at radius 1 is 0.970 bits per heavy atom. The molecule has 0 saturated carbocycles. The Kier molecular flexibility index (Phi) is 5.71. The van der Waals surface area contributed by atoms with Crippen molar-refractivity contribution in [3.05, 3.63) is 99.6 Å². The molecule has 33 heavy (non-hydrogen) atoms. The molecule has 1 N–H and O–H groups in total. The van der Waals surface area contributed by atoms with E-state index >= 15 is 0 Å². The normalized spacial score (nSPS) is 11.3. The number of fused-ring (bicyclic) bond motifs is 1. The zero-order chi connectivity index (χ0) is 23.6. The number of hydrogen-bond donors (Lipinski definition) is 1. The third-order valence-corrected chi connectivity index (χ3v) is 6.64. The third-order valence-electron chi connectivity index (χ3n) is 4.85. The van der Waals surface area contributed by atoms with Crippen molar-refractivity contribution in [2.24, 2.45) is 0 Å². The molecule has 0 fully saturated rings. The van der Waals surface area contributed by atoms with Crippen molar-refractivity contribution >= 4 is 38.0 Å². The molecule has 0 aliphatic heterocycles. The number of anilines is 1. The minimum Gasteiger partial charge on any atom is -0.325 e. The monoisotopic (exact) mass is 464 g/mol. The predicted octanol–water partition coefficient (Wildman–Crippen LogP) is 2.78. The van der Waals surface area contributed by atoms with Gasteiger partial charge in [0, 0.05) is 17.8 Å². The number of nitrogens with one attached hydrogen (secondary N) is 1. The molecule has 0 unspecified atom stereocenters. The Bertz CT molecular complexity index is 1530. The lowest BCUT2D eigenvalue weighted by Crippen LogP contribution is -2.27. The van der Waals surface area contributed by atoms with Crippen LogP contribution in [0, 0.1) is 10.1 Å². The van der Waals surface area contributed by atoms with Crippen LogP contribution in [-0.4, -0.2) is 28.8 Å². The summed E-state index contributed by atoms with van der Waals surface area (Å²) >= 11 is 0. The number of nitro groups is 1. The Hall–Kier alpha value is -4.38. The summed E-state index contributed by atoms with van der Waals surface area (Å²) in [6.07, 6.45) is 1.30. The van der Waals surface area contributed by atoms with Crippen LogP contribution in [0.4, 0.5) is 11.4 Å². The van der Waals surface area contributed by atoms with Crippen LogP contribution < -0.4 is 10.9 Å². The van der Waals surface area contributed by atoms with Gasteiger partial charge in [-0.15, -0.1) is 0 Å². The molecule has 0 spiro atoms. The third kappa shape index (κ3) is 4.48. The number of sulfone groups is 1. The Labute approximate surface area is 187 Å². The van der Waals surface area contributed by atoms with E-state index in [4.69, 9.17) is 0 Å². The SMILES string of the molecule is O=C(Cn1cnc2ccccc2c1=O)Nc1ccc(S(=O)(=O)c2ccc([N+](=O)[O-])cc2)cc1. The van der Waals surface area contributed by atoms with Crippen LogP contribution in [-0.2, 0) is 21.2 Å². The number of para-hydroxylation sites is 1. The van der Waals surface area contributed by atoms with E-state index in [1.54, 1.807) is 24.3 Å². The predicted molar refractivity (Wildman–Crippen MR) is 120 cm³/mol. The number of nitrogens with zero attached hydrogens (tertiary/aromatic N) is 3. The van der Waals surface area contributed by atoms with Gasteiger partial charge in [-0.2, -0.15) is 0 Å². The number of benzene rings is 3. The van der Waals surface area contributed by atoms with Gasteiger partial charge in [-0.1, -0.05) is 12.1 Å². The largest absolute Gasteiger partial charge is 0.325 e. The number of nitro benzene ring substituents is 1. The smallest absolute Gasteiger partial charge is 0.269 e. The summed E-state index contributed by atoms with van der Waals surface area (Å²) < 4.78 is 26.6. The molecule has 1 aromatic heterocycles. The van der Waals surface area contributed by atoms with Crippen molar-refractivity contribution in [2.75, 3.05) is 5.32 Å². The lowest BCUT2D eigenvalue weighted by atomic mass is 10.2. The first-order valence-corrected chi connectivity index (χ1v) is 11.1. The fourth-order valence-corrected chi connectivity index (χ4v) is 4.44. The Morgan fingerprint density at radius 2 is 1.58 bits per heavy atom. The van der Waals surface area contributed by atoms with Gasteiger partial charge in [-0.05, 0) is 48.5 Å². The fraction of sp³-hybridized carbons (Fsp3) is 0.0455. The van der Waals surface area contributed by atoms with E-state index < -0.39 is 20.7 Å². The van der Waals surface area contributed by atoms with Crippen molar-refractivity contribution in [1.29, 1.82) is 0 Å². The van der Waals surface area contributed by atoms with Crippen LogP contribution in [0.2, 0.25) is 0 Å². The topological polar surface area (TPSA) is 141 Å². The second-order valence-corrected chi connectivity index (χ2v) is 8.97. The Morgan fingerprint density at radius 3 is 2.21 bits per heavy atom. The number of carbonyl (C=O) groups is 1. The number of hydrogen-bond acceptors (Lipinski definition) is 7. The molecular formula is C22H16N4O6S. The molecule has 4 aromatic rings. The summed E-state index contributed by atoms with van der Waals surface area (Å²) in [4.78, 5) is 39.1. The van der Waals surface area contributed by atoms with Gasteiger partial charge < -0.3 is 5.32 Å². The van der Waals surface area contributed by atoms with Crippen LogP contribution >= 0.6 is 0 Å². The van der Waals surface area contributed by atoms with Crippen LogP contribution in [0.25, 0.3) is 10.9 Å². The van der Waals surface area contributed by atoms with Crippen molar-refractivity contribution in [3.8, 4) is 0 Å². The standard InChI is InChI=1S/C22H16N4O6S/c27-21(13-25-14-23-20-4-2-1-3-19(20)22(25)28)24-15-5-9-17(10-6-15)33(31,32)18-11-7-16(8-12-18)26(29)30/h1-12,14H,13H2,(H,24,27). The molecule has 10 nitrogen and oxygen atoms in total. The van der Waals surface area contributed by atoms with Crippen molar-refractivity contribution in [2.45, 2.75) is 16.3 Å². The lowest BCUT2D eigenvalue weighted by Gasteiger charge is -2.09. The summed E-state index contributed by atoms with van der Waals surface area (Å²) in [7, 11) is -3.89. The lowest BCUT2D eigenvalue weighted by molar-refractivity contribution is -0.384. The summed E-state index contributed by atoms with van der Waals surface area (Å²) in [6, 6.07) is 16.8.